The highest BCUT2D eigenvalue weighted by molar-refractivity contribution is 6.07. The zero-order chi connectivity index (χ0) is 20.4. The highest BCUT2D eigenvalue weighted by Gasteiger charge is 2.21. The summed E-state index contributed by atoms with van der Waals surface area (Å²) in [4.78, 5) is 34.6. The second-order valence-corrected chi connectivity index (χ2v) is 6.21. The molecule has 4 aromatic rings. The Labute approximate surface area is 163 Å². The van der Waals surface area contributed by atoms with Gasteiger partial charge in [-0.25, -0.2) is 4.79 Å². The van der Waals surface area contributed by atoms with Crippen LogP contribution in [-0.2, 0) is 9.53 Å². The topological polar surface area (TPSA) is 112 Å². The Bertz CT molecular complexity index is 1260. The van der Waals surface area contributed by atoms with Crippen LogP contribution in [0.4, 0.5) is 11.4 Å². The van der Waals surface area contributed by atoms with E-state index in [0.717, 1.165) is 16.4 Å². The van der Waals surface area contributed by atoms with Crippen LogP contribution in [-0.4, -0.2) is 23.4 Å². The second-order valence-electron chi connectivity index (χ2n) is 6.21. The molecule has 0 radical (unpaired) electrons. The van der Waals surface area contributed by atoms with Crippen LogP contribution in [0.3, 0.4) is 0 Å². The van der Waals surface area contributed by atoms with Gasteiger partial charge in [-0.1, -0.05) is 30.3 Å². The fraction of sp³-hybridized carbons (Fsp3) is 0.0476. The van der Waals surface area contributed by atoms with Crippen LogP contribution in [0.25, 0.3) is 21.9 Å². The number of nitrogens with zero attached hydrogens (tertiary/aromatic N) is 1. The van der Waals surface area contributed by atoms with Crippen molar-refractivity contribution in [3.8, 4) is 0 Å². The van der Waals surface area contributed by atoms with Crippen molar-refractivity contribution in [1.82, 2.24) is 0 Å². The fourth-order valence-corrected chi connectivity index (χ4v) is 3.02. The van der Waals surface area contributed by atoms with Crippen molar-refractivity contribution in [3.05, 3.63) is 82.4 Å². The summed E-state index contributed by atoms with van der Waals surface area (Å²) in [6.45, 7) is -0.574. The lowest BCUT2D eigenvalue weighted by molar-refractivity contribution is -0.385. The van der Waals surface area contributed by atoms with Gasteiger partial charge in [0.1, 0.15) is 16.7 Å². The summed E-state index contributed by atoms with van der Waals surface area (Å²) in [5, 5.41) is 15.4. The maximum Gasteiger partial charge on any atom is 0.345 e. The summed E-state index contributed by atoms with van der Waals surface area (Å²) in [7, 11) is 0. The average Bonchev–Trinajstić information content (AvgIpc) is 3.10. The van der Waals surface area contributed by atoms with Crippen LogP contribution in [0.15, 0.2) is 71.1 Å². The SMILES string of the molecule is O=C(COC(=O)c1ccccc1[N+](=O)[O-])Nc1ccc2oc3ccccc3c2c1. The van der Waals surface area contributed by atoms with Crippen molar-refractivity contribution in [2.45, 2.75) is 0 Å². The highest BCUT2D eigenvalue weighted by Crippen LogP contribution is 2.30. The number of nitro benzene ring substituents is 1. The Morgan fingerprint density at radius 1 is 0.966 bits per heavy atom. The number of carbonyl (C=O) groups excluding carboxylic acids is 2. The van der Waals surface area contributed by atoms with Gasteiger partial charge in [-0.2, -0.15) is 0 Å². The Hall–Kier alpha value is -4.20. The molecule has 29 heavy (non-hydrogen) atoms. The Morgan fingerprint density at radius 3 is 2.52 bits per heavy atom. The second kappa shape index (κ2) is 7.43. The van der Waals surface area contributed by atoms with Crippen molar-refractivity contribution in [1.29, 1.82) is 0 Å². The van der Waals surface area contributed by atoms with Gasteiger partial charge in [0.15, 0.2) is 6.61 Å². The molecule has 0 fully saturated rings. The van der Waals surface area contributed by atoms with E-state index in [4.69, 9.17) is 9.15 Å². The van der Waals surface area contributed by atoms with Crippen LogP contribution in [0.1, 0.15) is 10.4 Å². The number of hydrogen-bond donors (Lipinski definition) is 1. The Kier molecular flexibility index (Phi) is 4.66. The van der Waals surface area contributed by atoms with Gasteiger partial charge in [-0.15, -0.1) is 0 Å². The third-order valence-electron chi connectivity index (χ3n) is 4.32. The van der Waals surface area contributed by atoms with Crippen molar-refractivity contribution >= 4 is 45.2 Å². The number of rotatable bonds is 5. The molecule has 1 N–H and O–H groups in total. The Balaban J connectivity index is 1.45. The summed E-state index contributed by atoms with van der Waals surface area (Å²) in [5.41, 5.74) is 1.35. The lowest BCUT2D eigenvalue weighted by Gasteiger charge is -2.07. The van der Waals surface area contributed by atoms with Crippen molar-refractivity contribution < 1.29 is 23.7 Å². The van der Waals surface area contributed by atoms with Gasteiger partial charge in [-0.3, -0.25) is 14.9 Å². The number of ether oxygens (including phenoxy) is 1. The molecule has 0 saturated heterocycles. The number of hydrogen-bond acceptors (Lipinski definition) is 6. The minimum absolute atomic E-state index is 0.211. The van der Waals surface area contributed by atoms with E-state index in [0.29, 0.717) is 11.3 Å². The van der Waals surface area contributed by atoms with E-state index in [1.54, 1.807) is 18.2 Å². The molecule has 1 heterocycles. The van der Waals surface area contributed by atoms with Crippen LogP contribution in [0.5, 0.6) is 0 Å². The van der Waals surface area contributed by atoms with Gasteiger partial charge in [0.2, 0.25) is 0 Å². The zero-order valence-electron chi connectivity index (χ0n) is 15.0. The number of nitrogens with one attached hydrogen (secondary N) is 1. The molecular weight excluding hydrogens is 376 g/mol. The fourth-order valence-electron chi connectivity index (χ4n) is 3.02. The first-order chi connectivity index (χ1) is 14.0. The average molecular weight is 390 g/mol. The predicted molar refractivity (Wildman–Crippen MR) is 106 cm³/mol. The van der Waals surface area contributed by atoms with E-state index >= 15 is 0 Å². The molecule has 0 aliphatic heterocycles. The molecule has 0 aliphatic rings. The molecule has 0 spiro atoms. The molecule has 0 atom stereocenters. The Morgan fingerprint density at radius 2 is 1.69 bits per heavy atom. The van der Waals surface area contributed by atoms with Crippen molar-refractivity contribution in [2.75, 3.05) is 11.9 Å². The van der Waals surface area contributed by atoms with E-state index < -0.39 is 23.4 Å². The number of benzene rings is 3. The third kappa shape index (κ3) is 3.63. The molecule has 0 saturated carbocycles. The molecule has 8 heteroatoms. The molecule has 144 valence electrons. The highest BCUT2D eigenvalue weighted by atomic mass is 16.6. The van der Waals surface area contributed by atoms with Crippen LogP contribution in [0, 0.1) is 10.1 Å². The summed E-state index contributed by atoms with van der Waals surface area (Å²) in [5.74, 6) is -1.51. The monoisotopic (exact) mass is 390 g/mol. The van der Waals surface area contributed by atoms with Crippen molar-refractivity contribution in [3.63, 3.8) is 0 Å². The van der Waals surface area contributed by atoms with E-state index in [-0.39, 0.29) is 11.3 Å². The largest absolute Gasteiger partial charge is 0.456 e. The number of fused-ring (bicyclic) bond motifs is 3. The summed E-state index contributed by atoms with van der Waals surface area (Å²) in [6, 6.07) is 18.1. The first-order valence-corrected chi connectivity index (χ1v) is 8.64. The maximum absolute atomic E-state index is 12.2. The van der Waals surface area contributed by atoms with Gasteiger partial charge in [-0.05, 0) is 30.3 Å². The quantitative estimate of drug-likeness (QED) is 0.309. The summed E-state index contributed by atoms with van der Waals surface area (Å²) >= 11 is 0. The molecule has 8 nitrogen and oxygen atoms in total. The molecular formula is C21H14N2O6. The van der Waals surface area contributed by atoms with Crippen LogP contribution < -0.4 is 5.32 Å². The zero-order valence-corrected chi connectivity index (χ0v) is 15.0. The summed E-state index contributed by atoms with van der Waals surface area (Å²) in [6.07, 6.45) is 0. The van der Waals surface area contributed by atoms with E-state index in [1.165, 1.54) is 24.3 Å². The molecule has 4 rings (SSSR count). The first kappa shape index (κ1) is 18.2. The predicted octanol–water partition coefficient (Wildman–Crippen LogP) is 4.29. The van der Waals surface area contributed by atoms with Crippen LogP contribution in [0.2, 0.25) is 0 Å². The minimum Gasteiger partial charge on any atom is -0.456 e. The van der Waals surface area contributed by atoms with Gasteiger partial charge in [0.05, 0.1) is 4.92 Å². The normalized spacial score (nSPS) is 10.8. The number of furan rings is 1. The lowest BCUT2D eigenvalue weighted by atomic mass is 10.1. The minimum atomic E-state index is -0.941. The standard InChI is InChI=1S/C21H14N2O6/c24-20(12-28-21(25)15-6-1-3-7-17(15)23(26)27)22-13-9-10-19-16(11-13)14-5-2-4-8-18(14)29-19/h1-11H,12H2,(H,22,24). The molecule has 1 amide bonds. The van der Waals surface area contributed by atoms with E-state index in [9.17, 15) is 19.7 Å². The van der Waals surface area contributed by atoms with Gasteiger partial charge < -0.3 is 14.5 Å². The summed E-state index contributed by atoms with van der Waals surface area (Å²) < 4.78 is 10.7. The van der Waals surface area contributed by atoms with Crippen molar-refractivity contribution in [2.24, 2.45) is 0 Å². The molecule has 1 aromatic heterocycles. The molecule has 3 aromatic carbocycles. The number of anilines is 1. The maximum atomic E-state index is 12.2. The smallest absolute Gasteiger partial charge is 0.345 e. The number of carbonyl (C=O) groups is 2. The van der Waals surface area contributed by atoms with Gasteiger partial charge in [0.25, 0.3) is 11.6 Å². The molecule has 0 unspecified atom stereocenters. The van der Waals surface area contributed by atoms with Crippen LogP contribution >= 0.6 is 0 Å². The number of esters is 1. The first-order valence-electron chi connectivity index (χ1n) is 8.64. The van der Waals surface area contributed by atoms with Gasteiger partial charge >= 0.3 is 5.97 Å². The molecule has 0 bridgehead atoms. The van der Waals surface area contributed by atoms with Gasteiger partial charge in [0, 0.05) is 22.5 Å². The van der Waals surface area contributed by atoms with E-state index in [2.05, 4.69) is 5.32 Å². The van der Waals surface area contributed by atoms with E-state index in [1.807, 2.05) is 24.3 Å². The number of amides is 1. The molecule has 0 aliphatic carbocycles. The lowest BCUT2D eigenvalue weighted by Crippen LogP contribution is -2.21. The number of para-hydroxylation sites is 2. The third-order valence-corrected chi connectivity index (χ3v) is 4.32. The number of nitro groups is 1.